The molecule has 1 rings (SSSR count). The zero-order valence-electron chi connectivity index (χ0n) is 12.8. The molecule has 0 spiro atoms. The number of carboxylic acids is 1. The lowest BCUT2D eigenvalue weighted by Gasteiger charge is -2.24. The molecule has 7 heteroatoms. The molecule has 1 aliphatic heterocycles. The molecular weight excluding hydrogens is 276 g/mol. The fraction of sp³-hybridized carbons (Fsp3) is 0.786. The summed E-state index contributed by atoms with van der Waals surface area (Å²) in [5.41, 5.74) is -0.689. The molecule has 1 unspecified atom stereocenters. The summed E-state index contributed by atoms with van der Waals surface area (Å²) in [6.07, 6.45) is 0.543. The molecule has 0 aromatic heterocycles. The first-order chi connectivity index (χ1) is 9.69. The molecule has 21 heavy (non-hydrogen) atoms. The number of amides is 3. The lowest BCUT2D eigenvalue weighted by molar-refractivity contribution is -0.139. The lowest BCUT2D eigenvalue weighted by atomic mass is 9.85. The van der Waals surface area contributed by atoms with Crippen LogP contribution >= 0.6 is 0 Å². The van der Waals surface area contributed by atoms with Gasteiger partial charge in [-0.25, -0.2) is 4.79 Å². The third kappa shape index (κ3) is 6.57. The smallest absolute Gasteiger partial charge is 0.324 e. The minimum atomic E-state index is -0.961. The number of hydrogen-bond acceptors (Lipinski definition) is 4. The molecule has 0 radical (unpaired) electrons. The van der Waals surface area contributed by atoms with Gasteiger partial charge >= 0.3 is 12.0 Å². The molecular formula is C14H24N2O5. The highest BCUT2D eigenvalue weighted by atomic mass is 16.5. The van der Waals surface area contributed by atoms with E-state index in [0.717, 1.165) is 6.42 Å². The van der Waals surface area contributed by atoms with E-state index >= 15 is 0 Å². The van der Waals surface area contributed by atoms with Gasteiger partial charge in [0.05, 0.1) is 12.5 Å². The van der Waals surface area contributed by atoms with Crippen molar-refractivity contribution in [2.24, 2.45) is 5.41 Å². The summed E-state index contributed by atoms with van der Waals surface area (Å²) in [6, 6.07) is -0.441. The number of nitrogens with zero attached hydrogens (tertiary/aromatic N) is 1. The normalized spacial score (nSPS) is 19.8. The van der Waals surface area contributed by atoms with Gasteiger partial charge in [0.15, 0.2) is 0 Å². The van der Waals surface area contributed by atoms with Crippen molar-refractivity contribution in [3.8, 4) is 0 Å². The van der Waals surface area contributed by atoms with Crippen LogP contribution in [0.15, 0.2) is 0 Å². The minimum absolute atomic E-state index is 0.00899. The first-order valence-electron chi connectivity index (χ1n) is 7.12. The second-order valence-electron chi connectivity index (χ2n) is 6.25. The van der Waals surface area contributed by atoms with Gasteiger partial charge in [-0.1, -0.05) is 13.8 Å². The second-order valence-corrected chi connectivity index (χ2v) is 6.25. The molecule has 0 aliphatic carbocycles. The number of carbonyl (C=O) groups is 3. The molecule has 0 aromatic rings. The van der Waals surface area contributed by atoms with Gasteiger partial charge in [0.2, 0.25) is 5.91 Å². The topological polar surface area (TPSA) is 95.9 Å². The largest absolute Gasteiger partial charge is 0.481 e. The number of carbonyl (C=O) groups excluding carboxylic acids is 2. The molecule has 7 nitrogen and oxygen atoms in total. The Labute approximate surface area is 124 Å². The van der Waals surface area contributed by atoms with Crippen LogP contribution in [0, 0.1) is 5.41 Å². The minimum Gasteiger partial charge on any atom is -0.481 e. The summed E-state index contributed by atoms with van der Waals surface area (Å²) in [6.45, 7) is 6.84. The molecule has 3 amide bonds. The molecule has 0 bridgehead atoms. The number of carboxylic acid groups (broad SMARTS) is 1. The summed E-state index contributed by atoms with van der Waals surface area (Å²) < 4.78 is 5.44. The third-order valence-corrected chi connectivity index (χ3v) is 3.25. The average Bonchev–Trinajstić information content (AvgIpc) is 2.50. The number of ether oxygens (including phenoxy) is 1. The van der Waals surface area contributed by atoms with E-state index in [1.165, 1.54) is 0 Å². The SMILES string of the molecule is CC1CN(C(=O)NC(=O)CC(C)(C)CC(=O)O)CCCO1. The van der Waals surface area contributed by atoms with Crippen LogP contribution in [0.2, 0.25) is 0 Å². The van der Waals surface area contributed by atoms with Crippen LogP contribution in [0.3, 0.4) is 0 Å². The van der Waals surface area contributed by atoms with Crippen LogP contribution in [0.4, 0.5) is 4.79 Å². The molecule has 1 fully saturated rings. The molecule has 1 heterocycles. The van der Waals surface area contributed by atoms with Crippen molar-refractivity contribution >= 4 is 17.9 Å². The lowest BCUT2D eigenvalue weighted by Crippen LogP contribution is -2.46. The molecule has 0 aromatic carbocycles. The number of hydrogen-bond donors (Lipinski definition) is 2. The van der Waals surface area contributed by atoms with E-state index in [2.05, 4.69) is 5.32 Å². The first-order valence-corrected chi connectivity index (χ1v) is 7.12. The third-order valence-electron chi connectivity index (χ3n) is 3.25. The predicted octanol–water partition coefficient (Wildman–Crippen LogP) is 1.22. The maximum atomic E-state index is 12.0. The number of nitrogens with one attached hydrogen (secondary N) is 1. The highest BCUT2D eigenvalue weighted by Crippen LogP contribution is 2.24. The fourth-order valence-corrected chi connectivity index (χ4v) is 2.33. The Kier molecular flexibility index (Phi) is 6.14. The Morgan fingerprint density at radius 2 is 2.00 bits per heavy atom. The summed E-state index contributed by atoms with van der Waals surface area (Å²) in [7, 11) is 0. The number of aliphatic carboxylic acids is 1. The number of rotatable bonds is 4. The van der Waals surface area contributed by atoms with Crippen LogP contribution in [-0.2, 0) is 14.3 Å². The van der Waals surface area contributed by atoms with E-state index in [9.17, 15) is 14.4 Å². The standard InChI is InChI=1S/C14H24N2O5/c1-10-9-16(5-4-6-21-10)13(20)15-11(17)7-14(2,3)8-12(18)19/h10H,4-9H2,1-3H3,(H,18,19)(H,15,17,20). The van der Waals surface area contributed by atoms with Crippen molar-refractivity contribution in [2.45, 2.75) is 46.1 Å². The van der Waals surface area contributed by atoms with Crippen LogP contribution in [0.25, 0.3) is 0 Å². The summed E-state index contributed by atoms with van der Waals surface area (Å²) in [5.74, 6) is -1.42. The van der Waals surface area contributed by atoms with E-state index in [1.807, 2.05) is 6.92 Å². The van der Waals surface area contributed by atoms with E-state index in [4.69, 9.17) is 9.84 Å². The molecule has 2 N–H and O–H groups in total. The van der Waals surface area contributed by atoms with Gasteiger partial charge in [-0.2, -0.15) is 0 Å². The molecule has 120 valence electrons. The van der Waals surface area contributed by atoms with Gasteiger partial charge in [0, 0.05) is 26.1 Å². The van der Waals surface area contributed by atoms with Gasteiger partial charge in [-0.15, -0.1) is 0 Å². The Morgan fingerprint density at radius 1 is 1.33 bits per heavy atom. The summed E-state index contributed by atoms with van der Waals surface area (Å²) in [4.78, 5) is 36.2. The Bertz CT molecular complexity index is 408. The zero-order valence-corrected chi connectivity index (χ0v) is 12.8. The van der Waals surface area contributed by atoms with Crippen LogP contribution < -0.4 is 5.32 Å². The summed E-state index contributed by atoms with van der Waals surface area (Å²) >= 11 is 0. The first kappa shape index (κ1) is 17.4. The second kappa shape index (κ2) is 7.40. The Morgan fingerprint density at radius 3 is 2.62 bits per heavy atom. The van der Waals surface area contributed by atoms with Crippen molar-refractivity contribution in [3.63, 3.8) is 0 Å². The van der Waals surface area contributed by atoms with E-state index in [1.54, 1.807) is 18.7 Å². The van der Waals surface area contributed by atoms with Crippen LogP contribution in [0.5, 0.6) is 0 Å². The van der Waals surface area contributed by atoms with Crippen molar-refractivity contribution in [3.05, 3.63) is 0 Å². The maximum Gasteiger partial charge on any atom is 0.324 e. The Hall–Kier alpha value is -1.63. The van der Waals surface area contributed by atoms with Crippen molar-refractivity contribution in [1.82, 2.24) is 10.2 Å². The van der Waals surface area contributed by atoms with Crippen LogP contribution in [0.1, 0.15) is 40.0 Å². The molecule has 1 atom stereocenters. The summed E-state index contributed by atoms with van der Waals surface area (Å²) in [5, 5.41) is 11.1. The fourth-order valence-electron chi connectivity index (χ4n) is 2.33. The quantitative estimate of drug-likeness (QED) is 0.814. The van der Waals surface area contributed by atoms with E-state index in [0.29, 0.717) is 19.7 Å². The molecule has 1 aliphatic rings. The van der Waals surface area contributed by atoms with Crippen molar-refractivity contribution in [2.75, 3.05) is 19.7 Å². The maximum absolute atomic E-state index is 12.0. The van der Waals surface area contributed by atoms with Gasteiger partial charge < -0.3 is 14.7 Å². The monoisotopic (exact) mass is 300 g/mol. The van der Waals surface area contributed by atoms with Crippen molar-refractivity contribution < 1.29 is 24.2 Å². The van der Waals surface area contributed by atoms with Crippen LogP contribution in [-0.4, -0.2) is 53.7 Å². The zero-order chi connectivity index (χ0) is 16.0. The van der Waals surface area contributed by atoms with Gasteiger partial charge in [-0.3, -0.25) is 14.9 Å². The predicted molar refractivity (Wildman–Crippen MR) is 75.8 cm³/mol. The number of urea groups is 1. The van der Waals surface area contributed by atoms with Gasteiger partial charge in [0.1, 0.15) is 0 Å². The highest BCUT2D eigenvalue weighted by Gasteiger charge is 2.27. The highest BCUT2D eigenvalue weighted by molar-refractivity contribution is 5.94. The molecule has 0 saturated carbocycles. The van der Waals surface area contributed by atoms with Crippen molar-refractivity contribution in [1.29, 1.82) is 0 Å². The molecule has 1 saturated heterocycles. The van der Waals surface area contributed by atoms with E-state index in [-0.39, 0.29) is 18.9 Å². The van der Waals surface area contributed by atoms with Gasteiger partial charge in [-0.05, 0) is 18.8 Å². The van der Waals surface area contributed by atoms with E-state index < -0.39 is 23.3 Å². The number of imide groups is 1. The van der Waals surface area contributed by atoms with Gasteiger partial charge in [0.25, 0.3) is 0 Å². The average molecular weight is 300 g/mol. The Balaban J connectivity index is 2.49.